The molecular weight excluding hydrogens is 252 g/mol. The first-order valence-corrected chi connectivity index (χ1v) is 6.29. The van der Waals surface area contributed by atoms with Crippen molar-refractivity contribution in [1.82, 2.24) is 0 Å². The summed E-state index contributed by atoms with van der Waals surface area (Å²) in [4.78, 5) is 22.5. The summed E-state index contributed by atoms with van der Waals surface area (Å²) < 4.78 is 19.8. The zero-order valence-corrected chi connectivity index (χ0v) is 11.6. The lowest BCUT2D eigenvalue weighted by molar-refractivity contribution is -0.00146. The summed E-state index contributed by atoms with van der Waals surface area (Å²) in [5, 5.41) is 0. The Morgan fingerprint density at radius 3 is 1.58 bits per heavy atom. The maximum Gasteiger partial charge on any atom is 0.509 e. The topological polar surface area (TPSA) is 71.1 Å². The van der Waals surface area contributed by atoms with Gasteiger partial charge >= 0.3 is 12.3 Å². The van der Waals surface area contributed by atoms with Crippen molar-refractivity contribution in [3.05, 3.63) is 12.2 Å². The van der Waals surface area contributed by atoms with Crippen molar-refractivity contribution in [2.24, 2.45) is 0 Å². The first-order valence-electron chi connectivity index (χ1n) is 6.29. The van der Waals surface area contributed by atoms with E-state index in [2.05, 4.69) is 0 Å². The minimum Gasteiger partial charge on any atom is -0.432 e. The number of rotatable bonds is 4. The highest BCUT2D eigenvalue weighted by Gasteiger charge is 2.26. The lowest BCUT2D eigenvalue weighted by Crippen LogP contribution is -2.23. The van der Waals surface area contributed by atoms with Gasteiger partial charge < -0.3 is 18.9 Å². The zero-order valence-electron chi connectivity index (χ0n) is 11.6. The highest BCUT2D eigenvalue weighted by molar-refractivity contribution is 5.61. The quantitative estimate of drug-likeness (QED) is 0.579. The van der Waals surface area contributed by atoms with Gasteiger partial charge in [0.05, 0.1) is 12.2 Å². The molecule has 6 heteroatoms. The van der Waals surface area contributed by atoms with Crippen molar-refractivity contribution in [3.63, 3.8) is 0 Å². The molecule has 0 bridgehead atoms. The van der Waals surface area contributed by atoms with Crippen LogP contribution in [0.2, 0.25) is 0 Å². The molecule has 0 amide bonds. The van der Waals surface area contributed by atoms with Gasteiger partial charge in [0.1, 0.15) is 12.2 Å². The summed E-state index contributed by atoms with van der Waals surface area (Å²) in [5.74, 6) is 0. The molecule has 0 unspecified atom stereocenters. The van der Waals surface area contributed by atoms with Gasteiger partial charge in [0.2, 0.25) is 0 Å². The molecule has 0 heterocycles. The van der Waals surface area contributed by atoms with E-state index < -0.39 is 24.5 Å². The van der Waals surface area contributed by atoms with Crippen molar-refractivity contribution in [2.75, 3.05) is 0 Å². The van der Waals surface area contributed by atoms with Gasteiger partial charge in [-0.2, -0.15) is 0 Å². The van der Waals surface area contributed by atoms with E-state index in [1.165, 1.54) is 0 Å². The predicted molar refractivity (Wildman–Crippen MR) is 66.7 cm³/mol. The van der Waals surface area contributed by atoms with Gasteiger partial charge in [0, 0.05) is 6.42 Å². The van der Waals surface area contributed by atoms with Crippen LogP contribution in [0, 0.1) is 0 Å². The number of carbonyl (C=O) groups excluding carboxylic acids is 2. The first kappa shape index (κ1) is 15.3. The van der Waals surface area contributed by atoms with Crippen LogP contribution in [0.15, 0.2) is 12.2 Å². The van der Waals surface area contributed by atoms with E-state index in [0.29, 0.717) is 6.42 Å². The molecule has 0 aromatic rings. The van der Waals surface area contributed by atoms with E-state index >= 15 is 0 Å². The number of carbonyl (C=O) groups is 2. The lowest BCUT2D eigenvalue weighted by Gasteiger charge is -2.15. The molecule has 0 saturated heterocycles. The molecule has 0 saturated carbocycles. The SMILES string of the molecule is CC(C)OC(=O)O[C@@H]1C=C[C@H](OC(=O)OC(C)C)C1. The largest absolute Gasteiger partial charge is 0.509 e. The molecule has 108 valence electrons. The Kier molecular flexibility index (Phi) is 5.66. The normalized spacial score (nSPS) is 21.6. The first-order chi connectivity index (χ1) is 8.86. The maximum atomic E-state index is 11.3. The molecule has 0 radical (unpaired) electrons. The molecule has 0 aliphatic heterocycles. The van der Waals surface area contributed by atoms with Gasteiger partial charge in [0.15, 0.2) is 0 Å². The summed E-state index contributed by atoms with van der Waals surface area (Å²) in [7, 11) is 0. The van der Waals surface area contributed by atoms with Crippen LogP contribution in [0.25, 0.3) is 0 Å². The van der Waals surface area contributed by atoms with Crippen LogP contribution in [0.1, 0.15) is 34.1 Å². The minimum absolute atomic E-state index is 0.231. The molecule has 1 aliphatic carbocycles. The molecule has 1 rings (SSSR count). The average Bonchev–Trinajstić information content (AvgIpc) is 2.62. The van der Waals surface area contributed by atoms with Gasteiger partial charge in [0.25, 0.3) is 0 Å². The fourth-order valence-corrected chi connectivity index (χ4v) is 1.50. The minimum atomic E-state index is -0.727. The second-order valence-corrected chi connectivity index (χ2v) is 4.77. The summed E-state index contributed by atoms with van der Waals surface area (Å²) in [5.41, 5.74) is 0. The van der Waals surface area contributed by atoms with Crippen LogP contribution >= 0.6 is 0 Å². The predicted octanol–water partition coefficient (Wildman–Crippen LogP) is 2.81. The smallest absolute Gasteiger partial charge is 0.432 e. The van der Waals surface area contributed by atoms with Crippen molar-refractivity contribution in [1.29, 1.82) is 0 Å². The standard InChI is InChI=1S/C13H20O6/c1-8(2)16-12(14)18-10-5-6-11(7-10)19-13(15)17-9(3)4/h5-6,8-11H,7H2,1-4H3/t10-,11+. The number of ether oxygens (including phenoxy) is 4. The molecule has 1 aliphatic rings. The van der Waals surface area contributed by atoms with Crippen LogP contribution in [0.5, 0.6) is 0 Å². The fraction of sp³-hybridized carbons (Fsp3) is 0.692. The number of hydrogen-bond acceptors (Lipinski definition) is 6. The molecule has 0 aromatic heterocycles. The third kappa shape index (κ3) is 6.13. The average molecular weight is 272 g/mol. The van der Waals surface area contributed by atoms with Gasteiger partial charge in [-0.15, -0.1) is 0 Å². The molecule has 0 fully saturated rings. The third-order valence-corrected chi connectivity index (χ3v) is 2.16. The van der Waals surface area contributed by atoms with E-state index in [4.69, 9.17) is 18.9 Å². The Balaban J connectivity index is 2.29. The van der Waals surface area contributed by atoms with Gasteiger partial charge in [-0.1, -0.05) is 0 Å². The van der Waals surface area contributed by atoms with Crippen LogP contribution in [0.3, 0.4) is 0 Å². The monoisotopic (exact) mass is 272 g/mol. The Hall–Kier alpha value is -1.72. The third-order valence-electron chi connectivity index (χ3n) is 2.16. The molecular formula is C13H20O6. The molecule has 6 nitrogen and oxygen atoms in total. The maximum absolute atomic E-state index is 11.3. The highest BCUT2D eigenvalue weighted by atomic mass is 16.7. The van der Waals surface area contributed by atoms with Gasteiger partial charge in [-0.05, 0) is 39.8 Å². The molecule has 0 aromatic carbocycles. The second-order valence-electron chi connectivity index (χ2n) is 4.77. The van der Waals surface area contributed by atoms with Crippen LogP contribution in [-0.2, 0) is 18.9 Å². The van der Waals surface area contributed by atoms with E-state index in [1.807, 2.05) is 0 Å². The van der Waals surface area contributed by atoms with Crippen molar-refractivity contribution in [3.8, 4) is 0 Å². The summed E-state index contributed by atoms with van der Waals surface area (Å²) in [6, 6.07) is 0. The van der Waals surface area contributed by atoms with E-state index in [1.54, 1.807) is 39.8 Å². The zero-order chi connectivity index (χ0) is 14.4. The van der Waals surface area contributed by atoms with E-state index in [-0.39, 0.29) is 12.2 Å². The molecule has 19 heavy (non-hydrogen) atoms. The Bertz CT molecular complexity index is 315. The number of hydrogen-bond donors (Lipinski definition) is 0. The van der Waals surface area contributed by atoms with Crippen LogP contribution in [-0.4, -0.2) is 36.7 Å². The molecule has 0 N–H and O–H groups in total. The van der Waals surface area contributed by atoms with Crippen LogP contribution < -0.4 is 0 Å². The second kappa shape index (κ2) is 7.01. The van der Waals surface area contributed by atoms with E-state index in [0.717, 1.165) is 0 Å². The highest BCUT2D eigenvalue weighted by Crippen LogP contribution is 2.18. The van der Waals surface area contributed by atoms with Crippen molar-refractivity contribution < 1.29 is 28.5 Å². The lowest BCUT2D eigenvalue weighted by atomic mass is 10.3. The molecule has 0 spiro atoms. The van der Waals surface area contributed by atoms with Crippen molar-refractivity contribution >= 4 is 12.3 Å². The fourth-order valence-electron chi connectivity index (χ4n) is 1.50. The van der Waals surface area contributed by atoms with Crippen LogP contribution in [0.4, 0.5) is 9.59 Å². The Morgan fingerprint density at radius 1 is 0.895 bits per heavy atom. The Labute approximate surface area is 112 Å². The Morgan fingerprint density at radius 2 is 1.26 bits per heavy atom. The summed E-state index contributed by atoms with van der Waals surface area (Å²) >= 11 is 0. The molecule has 2 atom stereocenters. The van der Waals surface area contributed by atoms with E-state index in [9.17, 15) is 9.59 Å². The summed E-state index contributed by atoms with van der Waals surface area (Å²) in [6.07, 6.45) is 0.901. The van der Waals surface area contributed by atoms with Crippen molar-refractivity contribution in [2.45, 2.75) is 58.5 Å². The van der Waals surface area contributed by atoms with Gasteiger partial charge in [-0.25, -0.2) is 9.59 Å². The summed E-state index contributed by atoms with van der Waals surface area (Å²) in [6.45, 7) is 6.94. The van der Waals surface area contributed by atoms with Gasteiger partial charge in [-0.3, -0.25) is 0 Å².